The molecule has 39 heavy (non-hydrogen) atoms. The van der Waals surface area contributed by atoms with Crippen molar-refractivity contribution in [2.45, 2.75) is 6.61 Å². The summed E-state index contributed by atoms with van der Waals surface area (Å²) in [4.78, 5) is 18.0. The normalized spacial score (nSPS) is 10.9. The van der Waals surface area contributed by atoms with Crippen molar-refractivity contribution < 1.29 is 19.0 Å². The van der Waals surface area contributed by atoms with E-state index in [2.05, 4.69) is 10.5 Å². The summed E-state index contributed by atoms with van der Waals surface area (Å²) < 4.78 is 16.7. The Hall–Kier alpha value is -5.17. The fraction of sp³-hybridized carbons (Fsp3) is 0.0938. The SMILES string of the molecule is COc1ccc(-c2cc(C(=O)N/N=C\c3ccc(OCc4ccccc4)c(OC)c3)c3ccccc3n2)cc1. The van der Waals surface area contributed by atoms with E-state index in [9.17, 15) is 4.79 Å². The molecule has 0 saturated heterocycles. The van der Waals surface area contributed by atoms with Crippen LogP contribution in [0, 0.1) is 0 Å². The van der Waals surface area contributed by atoms with Crippen molar-refractivity contribution in [1.29, 1.82) is 0 Å². The largest absolute Gasteiger partial charge is 0.497 e. The molecule has 0 aliphatic rings. The minimum Gasteiger partial charge on any atom is -0.497 e. The molecule has 0 unspecified atom stereocenters. The molecule has 5 aromatic rings. The van der Waals surface area contributed by atoms with Gasteiger partial charge in [0.05, 0.1) is 37.2 Å². The molecule has 4 aromatic carbocycles. The summed E-state index contributed by atoms with van der Waals surface area (Å²) in [5.74, 6) is 1.61. The van der Waals surface area contributed by atoms with Gasteiger partial charge in [-0.15, -0.1) is 0 Å². The number of ether oxygens (including phenoxy) is 3. The summed E-state index contributed by atoms with van der Waals surface area (Å²) in [7, 11) is 3.21. The topological polar surface area (TPSA) is 82.0 Å². The van der Waals surface area contributed by atoms with Gasteiger partial charge in [-0.2, -0.15) is 5.10 Å². The first-order valence-corrected chi connectivity index (χ1v) is 12.4. The number of methoxy groups -OCH3 is 2. The lowest BCUT2D eigenvalue weighted by molar-refractivity contribution is 0.0956. The lowest BCUT2D eigenvalue weighted by Crippen LogP contribution is -2.18. The van der Waals surface area contributed by atoms with Gasteiger partial charge in [0.15, 0.2) is 11.5 Å². The quantitative estimate of drug-likeness (QED) is 0.184. The molecule has 0 aliphatic carbocycles. The Kier molecular flexibility index (Phi) is 7.79. The highest BCUT2D eigenvalue weighted by atomic mass is 16.5. The van der Waals surface area contributed by atoms with Crippen molar-refractivity contribution in [3.05, 3.63) is 120 Å². The van der Waals surface area contributed by atoms with Gasteiger partial charge in [-0.05, 0) is 65.7 Å². The summed E-state index contributed by atoms with van der Waals surface area (Å²) in [5.41, 5.74) is 7.21. The highest BCUT2D eigenvalue weighted by molar-refractivity contribution is 6.07. The zero-order chi connectivity index (χ0) is 27.0. The zero-order valence-corrected chi connectivity index (χ0v) is 21.6. The van der Waals surface area contributed by atoms with Gasteiger partial charge in [0.2, 0.25) is 0 Å². The van der Waals surface area contributed by atoms with Crippen LogP contribution in [0.15, 0.2) is 108 Å². The van der Waals surface area contributed by atoms with E-state index in [-0.39, 0.29) is 5.91 Å². The monoisotopic (exact) mass is 517 g/mol. The van der Waals surface area contributed by atoms with Gasteiger partial charge in [-0.1, -0.05) is 48.5 Å². The van der Waals surface area contributed by atoms with Crippen molar-refractivity contribution in [2.24, 2.45) is 5.10 Å². The van der Waals surface area contributed by atoms with Crippen molar-refractivity contribution in [3.63, 3.8) is 0 Å². The smallest absolute Gasteiger partial charge is 0.272 e. The van der Waals surface area contributed by atoms with Gasteiger partial charge >= 0.3 is 0 Å². The zero-order valence-electron chi connectivity index (χ0n) is 21.6. The number of aromatic nitrogens is 1. The van der Waals surface area contributed by atoms with Crippen LogP contribution in [0.1, 0.15) is 21.5 Å². The van der Waals surface area contributed by atoms with E-state index in [0.29, 0.717) is 29.4 Å². The number of para-hydroxylation sites is 1. The number of hydrazone groups is 1. The molecule has 7 heteroatoms. The first-order chi connectivity index (χ1) is 19.1. The van der Waals surface area contributed by atoms with Crippen molar-refractivity contribution in [1.82, 2.24) is 10.4 Å². The first kappa shape index (κ1) is 25.5. The summed E-state index contributed by atoms with van der Waals surface area (Å²) in [6.07, 6.45) is 1.56. The number of fused-ring (bicyclic) bond motifs is 1. The molecule has 0 bridgehead atoms. The van der Waals surface area contributed by atoms with Crippen LogP contribution in [0.25, 0.3) is 22.2 Å². The molecule has 0 fully saturated rings. The number of rotatable bonds is 9. The van der Waals surface area contributed by atoms with Crippen molar-refractivity contribution >= 4 is 23.0 Å². The van der Waals surface area contributed by atoms with Crippen LogP contribution in [0.3, 0.4) is 0 Å². The van der Waals surface area contributed by atoms with Crippen molar-refractivity contribution in [2.75, 3.05) is 14.2 Å². The van der Waals surface area contributed by atoms with Crippen LogP contribution >= 0.6 is 0 Å². The van der Waals surface area contributed by atoms with Crippen LogP contribution in [0.2, 0.25) is 0 Å². The third-order valence-electron chi connectivity index (χ3n) is 6.15. The molecule has 1 heterocycles. The van der Waals surface area contributed by atoms with Gasteiger partial charge in [0.25, 0.3) is 5.91 Å². The lowest BCUT2D eigenvalue weighted by atomic mass is 10.0. The van der Waals surface area contributed by atoms with Crippen LogP contribution < -0.4 is 19.6 Å². The van der Waals surface area contributed by atoms with Crippen LogP contribution in [-0.4, -0.2) is 31.3 Å². The fourth-order valence-electron chi connectivity index (χ4n) is 4.12. The molecular formula is C32H27N3O4. The summed E-state index contributed by atoms with van der Waals surface area (Å²) in [5, 5.41) is 4.93. The second-order valence-electron chi connectivity index (χ2n) is 8.68. The predicted molar refractivity (Wildman–Crippen MR) is 153 cm³/mol. The van der Waals surface area contributed by atoms with Gasteiger partial charge in [0, 0.05) is 10.9 Å². The van der Waals surface area contributed by atoms with Crippen molar-refractivity contribution in [3.8, 4) is 28.5 Å². The summed E-state index contributed by atoms with van der Waals surface area (Å²) >= 11 is 0. The van der Waals surface area contributed by atoms with Crippen LogP contribution in [-0.2, 0) is 6.61 Å². The summed E-state index contributed by atoms with van der Waals surface area (Å²) in [6, 6.07) is 32.3. The highest BCUT2D eigenvalue weighted by Gasteiger charge is 2.14. The molecule has 7 nitrogen and oxygen atoms in total. The average molecular weight is 518 g/mol. The van der Waals surface area contributed by atoms with E-state index in [0.717, 1.165) is 33.3 Å². The minimum absolute atomic E-state index is 0.339. The van der Waals surface area contributed by atoms with Crippen LogP contribution in [0.5, 0.6) is 17.2 Å². The number of pyridine rings is 1. The molecule has 5 rings (SSSR count). The average Bonchev–Trinajstić information content (AvgIpc) is 3.00. The Morgan fingerprint density at radius 1 is 0.846 bits per heavy atom. The molecule has 0 spiro atoms. The number of amides is 1. The highest BCUT2D eigenvalue weighted by Crippen LogP contribution is 2.29. The van der Waals surface area contributed by atoms with E-state index in [4.69, 9.17) is 19.2 Å². The number of carbonyl (C=O) groups excluding carboxylic acids is 1. The first-order valence-electron chi connectivity index (χ1n) is 12.4. The van der Waals surface area contributed by atoms with E-state index in [1.165, 1.54) is 0 Å². The predicted octanol–water partition coefficient (Wildman–Crippen LogP) is 6.26. The number of carbonyl (C=O) groups is 1. The molecule has 194 valence electrons. The maximum atomic E-state index is 13.2. The van der Waals surface area contributed by atoms with E-state index in [1.807, 2.05) is 91.0 Å². The maximum Gasteiger partial charge on any atom is 0.272 e. The van der Waals surface area contributed by atoms with E-state index >= 15 is 0 Å². The molecule has 1 N–H and O–H groups in total. The Morgan fingerprint density at radius 3 is 2.38 bits per heavy atom. The standard InChI is InChI=1S/C32H27N3O4/c1-37-25-15-13-24(14-16-25)29-19-27(26-10-6-7-11-28(26)34-29)32(36)35-33-20-23-12-17-30(31(18-23)38-2)39-21-22-8-4-3-5-9-22/h3-20H,21H2,1-2H3,(H,35,36)/b33-20-. The molecular weight excluding hydrogens is 490 g/mol. The lowest BCUT2D eigenvalue weighted by Gasteiger charge is -2.11. The molecule has 1 amide bonds. The third-order valence-corrected chi connectivity index (χ3v) is 6.15. The fourth-order valence-corrected chi connectivity index (χ4v) is 4.12. The van der Waals surface area contributed by atoms with Gasteiger partial charge in [-0.25, -0.2) is 10.4 Å². The summed E-state index contributed by atoms with van der Waals surface area (Å²) in [6.45, 7) is 0.430. The second kappa shape index (κ2) is 11.9. The van der Waals surface area contributed by atoms with Gasteiger partial charge in [0.1, 0.15) is 12.4 Å². The number of hydrogen-bond donors (Lipinski definition) is 1. The molecule has 1 aromatic heterocycles. The Labute approximate surface area is 226 Å². The second-order valence-corrected chi connectivity index (χ2v) is 8.68. The Balaban J connectivity index is 1.33. The minimum atomic E-state index is -0.339. The molecule has 0 radical (unpaired) electrons. The van der Waals surface area contributed by atoms with E-state index < -0.39 is 0 Å². The van der Waals surface area contributed by atoms with E-state index in [1.54, 1.807) is 32.6 Å². The molecule has 0 saturated carbocycles. The maximum absolute atomic E-state index is 13.2. The Morgan fingerprint density at radius 2 is 1.62 bits per heavy atom. The number of hydrogen-bond acceptors (Lipinski definition) is 6. The Bertz CT molecular complexity index is 1620. The number of nitrogens with zero attached hydrogens (tertiary/aromatic N) is 2. The van der Waals surface area contributed by atoms with Gasteiger partial charge in [-0.3, -0.25) is 4.79 Å². The van der Waals surface area contributed by atoms with Gasteiger partial charge < -0.3 is 14.2 Å². The molecule has 0 aliphatic heterocycles. The third kappa shape index (κ3) is 6.05. The van der Waals surface area contributed by atoms with Crippen LogP contribution in [0.4, 0.5) is 0 Å². The number of benzene rings is 4. The molecule has 0 atom stereocenters. The number of nitrogens with one attached hydrogen (secondary N) is 1.